The average Bonchev–Trinajstić information content (AvgIpc) is 3.46. The van der Waals surface area contributed by atoms with E-state index in [1.165, 1.54) is 12.1 Å². The molecule has 2 aromatic carbocycles. The number of nitrogens with one attached hydrogen (secondary N) is 1. The van der Waals surface area contributed by atoms with E-state index in [0.717, 1.165) is 31.6 Å². The smallest absolute Gasteiger partial charge is 0.258 e. The molecule has 0 radical (unpaired) electrons. The number of rotatable bonds is 7. The van der Waals surface area contributed by atoms with E-state index in [-0.39, 0.29) is 28.4 Å². The lowest BCUT2D eigenvalue weighted by Crippen LogP contribution is -2.35. The molecule has 36 heavy (non-hydrogen) atoms. The lowest BCUT2D eigenvalue weighted by atomic mass is 10.0. The SMILES string of the molecule is O=C(NC(CCN1CC2CN(C(=O)c3c(F)cccc3Cl)C[C@@H]2C1)c1ccccc1)c1cccnc1. The van der Waals surface area contributed by atoms with E-state index >= 15 is 0 Å². The number of benzene rings is 2. The molecule has 0 aliphatic carbocycles. The van der Waals surface area contributed by atoms with E-state index in [1.807, 2.05) is 30.3 Å². The monoisotopic (exact) mass is 506 g/mol. The van der Waals surface area contributed by atoms with Crippen LogP contribution in [0, 0.1) is 17.7 Å². The molecule has 2 fully saturated rings. The number of likely N-dealkylation sites (tertiary alicyclic amines) is 2. The van der Waals surface area contributed by atoms with Gasteiger partial charge < -0.3 is 15.1 Å². The van der Waals surface area contributed by atoms with Crippen LogP contribution in [0.4, 0.5) is 4.39 Å². The lowest BCUT2D eigenvalue weighted by molar-refractivity contribution is 0.0769. The van der Waals surface area contributed by atoms with E-state index in [2.05, 4.69) is 15.2 Å². The number of fused-ring (bicyclic) bond motifs is 1. The van der Waals surface area contributed by atoms with E-state index in [0.29, 0.717) is 30.5 Å². The molecule has 0 spiro atoms. The van der Waals surface area contributed by atoms with Gasteiger partial charge in [0.2, 0.25) is 0 Å². The van der Waals surface area contributed by atoms with Gasteiger partial charge in [0.1, 0.15) is 5.82 Å². The average molecular weight is 507 g/mol. The Hall–Kier alpha value is -3.29. The molecule has 2 aliphatic rings. The van der Waals surface area contributed by atoms with Crippen LogP contribution in [0.15, 0.2) is 73.1 Å². The standard InChI is InChI=1S/C28H28ClFN4O2/c29-23-9-4-10-24(30)26(23)28(36)34-17-21-15-33(16-22(21)18-34)13-11-25(19-6-2-1-3-7-19)32-27(35)20-8-5-12-31-14-20/h1-10,12,14,21-22,25H,11,13,15-18H2,(H,32,35)/t21-,22?,25?/m0/s1. The van der Waals surface area contributed by atoms with Gasteiger partial charge in [0.25, 0.3) is 11.8 Å². The Morgan fingerprint density at radius 1 is 1.00 bits per heavy atom. The Morgan fingerprint density at radius 3 is 2.42 bits per heavy atom. The number of halogens is 2. The Labute approximate surface area is 215 Å². The number of hydrogen-bond acceptors (Lipinski definition) is 4. The summed E-state index contributed by atoms with van der Waals surface area (Å²) in [7, 11) is 0. The van der Waals surface area contributed by atoms with E-state index < -0.39 is 5.82 Å². The molecule has 3 aromatic rings. The number of carbonyl (C=O) groups is 2. The van der Waals surface area contributed by atoms with E-state index in [1.54, 1.807) is 35.5 Å². The summed E-state index contributed by atoms with van der Waals surface area (Å²) < 4.78 is 14.2. The number of amides is 2. The van der Waals surface area contributed by atoms with Crippen LogP contribution in [0.2, 0.25) is 5.02 Å². The van der Waals surface area contributed by atoms with Crippen molar-refractivity contribution in [2.24, 2.45) is 11.8 Å². The fraction of sp³-hybridized carbons (Fsp3) is 0.321. The maximum atomic E-state index is 14.2. The highest BCUT2D eigenvalue weighted by molar-refractivity contribution is 6.33. The van der Waals surface area contributed by atoms with E-state index in [9.17, 15) is 14.0 Å². The van der Waals surface area contributed by atoms with Crippen molar-refractivity contribution < 1.29 is 14.0 Å². The van der Waals surface area contributed by atoms with Crippen LogP contribution in [0.3, 0.4) is 0 Å². The molecule has 2 unspecified atom stereocenters. The molecule has 2 aliphatic heterocycles. The summed E-state index contributed by atoms with van der Waals surface area (Å²) in [4.78, 5) is 33.9. The van der Waals surface area contributed by atoms with Crippen LogP contribution in [-0.4, -0.2) is 59.3 Å². The summed E-state index contributed by atoms with van der Waals surface area (Å²) in [5, 5.41) is 3.32. The molecule has 0 bridgehead atoms. The van der Waals surface area contributed by atoms with Crippen molar-refractivity contribution in [2.45, 2.75) is 12.5 Å². The molecule has 1 aromatic heterocycles. The number of carbonyl (C=O) groups excluding carboxylic acids is 2. The molecule has 1 N–H and O–H groups in total. The second kappa shape index (κ2) is 10.8. The van der Waals surface area contributed by atoms with Crippen LogP contribution in [0.5, 0.6) is 0 Å². The van der Waals surface area contributed by atoms with E-state index in [4.69, 9.17) is 11.6 Å². The molecule has 0 saturated carbocycles. The summed E-state index contributed by atoms with van der Waals surface area (Å²) in [5.41, 5.74) is 1.56. The van der Waals surface area contributed by atoms with Crippen LogP contribution < -0.4 is 5.32 Å². The molecule has 2 amide bonds. The van der Waals surface area contributed by atoms with Crippen LogP contribution in [0.1, 0.15) is 38.7 Å². The number of nitrogens with zero attached hydrogens (tertiary/aromatic N) is 3. The molecular weight excluding hydrogens is 479 g/mol. The first-order valence-corrected chi connectivity index (χ1v) is 12.6. The summed E-state index contributed by atoms with van der Waals surface area (Å²) in [5.74, 6) is -0.358. The lowest BCUT2D eigenvalue weighted by Gasteiger charge is -2.25. The summed E-state index contributed by atoms with van der Waals surface area (Å²) in [6.07, 6.45) is 3.98. The predicted octanol–water partition coefficient (Wildman–Crippen LogP) is 4.44. The fourth-order valence-corrected chi connectivity index (χ4v) is 5.60. The number of aromatic nitrogens is 1. The zero-order valence-corrected chi connectivity index (χ0v) is 20.6. The second-order valence-corrected chi connectivity index (χ2v) is 9.96. The van der Waals surface area contributed by atoms with Gasteiger partial charge in [-0.15, -0.1) is 0 Å². The van der Waals surface area contributed by atoms with Crippen molar-refractivity contribution in [1.29, 1.82) is 0 Å². The zero-order valence-electron chi connectivity index (χ0n) is 19.8. The van der Waals surface area contributed by atoms with Crippen LogP contribution >= 0.6 is 11.6 Å². The maximum absolute atomic E-state index is 14.2. The van der Waals surface area contributed by atoms with Gasteiger partial charge in [0.15, 0.2) is 0 Å². The van der Waals surface area contributed by atoms with Gasteiger partial charge in [0, 0.05) is 45.1 Å². The van der Waals surface area contributed by atoms with Crippen LogP contribution in [-0.2, 0) is 0 Å². The Balaban J connectivity index is 1.19. The van der Waals surface area contributed by atoms with Crippen molar-refractivity contribution in [2.75, 3.05) is 32.7 Å². The van der Waals surface area contributed by atoms with Crippen molar-refractivity contribution in [1.82, 2.24) is 20.1 Å². The molecule has 2 saturated heterocycles. The van der Waals surface area contributed by atoms with Crippen molar-refractivity contribution >= 4 is 23.4 Å². The third-order valence-corrected chi connectivity index (χ3v) is 7.51. The molecule has 8 heteroatoms. The van der Waals surface area contributed by atoms with Crippen LogP contribution in [0.25, 0.3) is 0 Å². The van der Waals surface area contributed by atoms with Gasteiger partial charge in [-0.1, -0.05) is 48.0 Å². The van der Waals surface area contributed by atoms with Gasteiger partial charge in [-0.05, 0) is 48.1 Å². The van der Waals surface area contributed by atoms with Gasteiger partial charge in [-0.25, -0.2) is 4.39 Å². The van der Waals surface area contributed by atoms with Gasteiger partial charge in [-0.3, -0.25) is 14.6 Å². The first-order valence-electron chi connectivity index (χ1n) is 12.2. The maximum Gasteiger partial charge on any atom is 0.258 e. The third-order valence-electron chi connectivity index (χ3n) is 7.19. The highest BCUT2D eigenvalue weighted by atomic mass is 35.5. The van der Waals surface area contributed by atoms with Gasteiger partial charge >= 0.3 is 0 Å². The summed E-state index contributed by atoms with van der Waals surface area (Å²) in [6.45, 7) is 3.77. The Kier molecular flexibility index (Phi) is 7.30. The normalized spacial score (nSPS) is 20.2. The Bertz CT molecular complexity index is 1190. The largest absolute Gasteiger partial charge is 0.345 e. The Morgan fingerprint density at radius 2 is 1.75 bits per heavy atom. The molecule has 5 rings (SSSR count). The predicted molar refractivity (Wildman–Crippen MR) is 136 cm³/mol. The van der Waals surface area contributed by atoms with Gasteiger partial charge in [0.05, 0.1) is 22.2 Å². The minimum absolute atomic E-state index is 0.0361. The first kappa shape index (κ1) is 24.4. The molecule has 3 heterocycles. The molecular formula is C28H28ClFN4O2. The highest BCUT2D eigenvalue weighted by Gasteiger charge is 2.42. The topological polar surface area (TPSA) is 65.5 Å². The minimum Gasteiger partial charge on any atom is -0.345 e. The quantitative estimate of drug-likeness (QED) is 0.514. The number of hydrogen-bond donors (Lipinski definition) is 1. The molecule has 186 valence electrons. The highest BCUT2D eigenvalue weighted by Crippen LogP contribution is 2.33. The van der Waals surface area contributed by atoms with Gasteiger partial charge in [-0.2, -0.15) is 0 Å². The minimum atomic E-state index is -0.577. The summed E-state index contributed by atoms with van der Waals surface area (Å²) >= 11 is 6.11. The van der Waals surface area contributed by atoms with Crippen molar-refractivity contribution in [3.8, 4) is 0 Å². The summed E-state index contributed by atoms with van der Waals surface area (Å²) in [6, 6.07) is 17.7. The molecule has 6 nitrogen and oxygen atoms in total. The first-order chi connectivity index (χ1) is 17.5. The molecule has 3 atom stereocenters. The fourth-order valence-electron chi connectivity index (χ4n) is 5.36. The third kappa shape index (κ3) is 5.27. The van der Waals surface area contributed by atoms with Crippen molar-refractivity contribution in [3.63, 3.8) is 0 Å². The zero-order chi connectivity index (χ0) is 25.1. The number of pyridine rings is 1. The second-order valence-electron chi connectivity index (χ2n) is 9.55. The van der Waals surface area contributed by atoms with Crippen molar-refractivity contribution in [3.05, 3.63) is 101 Å².